The third-order valence-corrected chi connectivity index (χ3v) is 3.61. The summed E-state index contributed by atoms with van der Waals surface area (Å²) < 4.78 is 5.62. The molecule has 2 rings (SSSR count). The van der Waals surface area contributed by atoms with Crippen molar-refractivity contribution in [2.24, 2.45) is 5.92 Å². The molecule has 0 bridgehead atoms. The molecule has 0 atom stereocenters. The van der Waals surface area contributed by atoms with E-state index in [1.165, 1.54) is 11.3 Å². The summed E-state index contributed by atoms with van der Waals surface area (Å²) in [6, 6.07) is 3.58. The topological polar surface area (TPSA) is 48.1 Å². The lowest BCUT2D eigenvalue weighted by atomic mass is 10.1. The van der Waals surface area contributed by atoms with E-state index in [4.69, 9.17) is 33.7 Å². The fourth-order valence-electron chi connectivity index (χ4n) is 1.52. The molecule has 0 radical (unpaired) electrons. The van der Waals surface area contributed by atoms with Crippen LogP contribution in [0.1, 0.15) is 13.8 Å². The van der Waals surface area contributed by atoms with Crippen LogP contribution < -0.4 is 10.5 Å². The second kappa shape index (κ2) is 5.99. The molecule has 1 aromatic heterocycles. The molecule has 2 aromatic rings. The molecule has 0 spiro atoms. The van der Waals surface area contributed by atoms with E-state index in [0.717, 1.165) is 11.3 Å². The average Bonchev–Trinajstić information content (AvgIpc) is 2.74. The zero-order valence-electron chi connectivity index (χ0n) is 10.6. The summed E-state index contributed by atoms with van der Waals surface area (Å²) in [5, 5.41) is 3.35. The van der Waals surface area contributed by atoms with Crippen molar-refractivity contribution < 1.29 is 4.74 Å². The maximum absolute atomic E-state index is 6.21. The van der Waals surface area contributed by atoms with Crippen LogP contribution in [0.15, 0.2) is 17.5 Å². The number of thiazole rings is 1. The quantitative estimate of drug-likeness (QED) is 0.886. The maximum Gasteiger partial charge on any atom is 0.180 e. The smallest absolute Gasteiger partial charge is 0.180 e. The first-order valence-electron chi connectivity index (χ1n) is 5.80. The van der Waals surface area contributed by atoms with Crippen molar-refractivity contribution in [1.29, 1.82) is 0 Å². The normalized spacial score (nSPS) is 11.0. The number of aromatic nitrogens is 1. The Morgan fingerprint density at radius 1 is 1.32 bits per heavy atom. The summed E-state index contributed by atoms with van der Waals surface area (Å²) in [6.45, 7) is 4.70. The van der Waals surface area contributed by atoms with E-state index < -0.39 is 0 Å². The number of anilines is 1. The number of hydrogen-bond acceptors (Lipinski definition) is 4. The first-order valence-corrected chi connectivity index (χ1v) is 7.44. The van der Waals surface area contributed by atoms with Gasteiger partial charge in [-0.15, -0.1) is 11.3 Å². The third-order valence-electron chi connectivity index (χ3n) is 2.38. The Bertz CT molecular complexity index is 561. The Morgan fingerprint density at radius 2 is 1.95 bits per heavy atom. The third kappa shape index (κ3) is 3.53. The van der Waals surface area contributed by atoms with Gasteiger partial charge < -0.3 is 10.5 Å². The van der Waals surface area contributed by atoms with Crippen molar-refractivity contribution >= 4 is 39.7 Å². The van der Waals surface area contributed by atoms with Crippen LogP contribution in [0.5, 0.6) is 5.75 Å². The van der Waals surface area contributed by atoms with Gasteiger partial charge in [0.25, 0.3) is 0 Å². The van der Waals surface area contributed by atoms with Gasteiger partial charge >= 0.3 is 0 Å². The van der Waals surface area contributed by atoms with Crippen molar-refractivity contribution in [1.82, 2.24) is 4.98 Å². The van der Waals surface area contributed by atoms with Crippen LogP contribution in [0, 0.1) is 5.92 Å². The van der Waals surface area contributed by atoms with Crippen LogP contribution in [0.2, 0.25) is 10.0 Å². The van der Waals surface area contributed by atoms with Crippen LogP contribution in [0.25, 0.3) is 11.3 Å². The van der Waals surface area contributed by atoms with E-state index >= 15 is 0 Å². The molecule has 3 nitrogen and oxygen atoms in total. The number of ether oxygens (including phenoxy) is 1. The van der Waals surface area contributed by atoms with E-state index in [9.17, 15) is 0 Å². The van der Waals surface area contributed by atoms with Crippen molar-refractivity contribution in [3.8, 4) is 17.0 Å². The number of hydrogen-bond donors (Lipinski definition) is 1. The second-order valence-corrected chi connectivity index (χ2v) is 6.25. The number of benzene rings is 1. The van der Waals surface area contributed by atoms with Gasteiger partial charge in [0.2, 0.25) is 0 Å². The molecule has 1 aromatic carbocycles. The Labute approximate surface area is 126 Å². The van der Waals surface area contributed by atoms with Gasteiger partial charge in [0.15, 0.2) is 10.9 Å². The van der Waals surface area contributed by atoms with Gasteiger partial charge in [0, 0.05) is 10.9 Å². The first kappa shape index (κ1) is 14.4. The molecular formula is C13H14Cl2N2OS. The highest BCUT2D eigenvalue weighted by atomic mass is 35.5. The monoisotopic (exact) mass is 316 g/mol. The predicted molar refractivity (Wildman–Crippen MR) is 82.3 cm³/mol. The molecule has 0 unspecified atom stereocenters. The number of nitrogen functional groups attached to an aromatic ring is 1. The average molecular weight is 317 g/mol. The highest BCUT2D eigenvalue weighted by Gasteiger charge is 2.13. The Balaban J connectivity index is 2.31. The van der Waals surface area contributed by atoms with Gasteiger partial charge in [-0.05, 0) is 18.1 Å². The molecule has 0 fully saturated rings. The molecular weight excluding hydrogens is 303 g/mol. The molecule has 0 amide bonds. The summed E-state index contributed by atoms with van der Waals surface area (Å²) in [4.78, 5) is 4.21. The van der Waals surface area contributed by atoms with E-state index in [-0.39, 0.29) is 0 Å². The standard InChI is InChI=1S/C13H14Cl2N2OS/c1-7(2)5-18-12-9(14)3-8(4-10(12)15)11-6-19-13(16)17-11/h3-4,6-7H,5H2,1-2H3,(H2,16,17). The van der Waals surface area contributed by atoms with E-state index in [1.807, 2.05) is 5.38 Å². The summed E-state index contributed by atoms with van der Waals surface area (Å²) in [5.41, 5.74) is 7.22. The van der Waals surface area contributed by atoms with Crippen LogP contribution in [0.4, 0.5) is 5.13 Å². The minimum absolute atomic E-state index is 0.408. The second-order valence-electron chi connectivity index (χ2n) is 4.54. The zero-order valence-corrected chi connectivity index (χ0v) is 12.9. The highest BCUT2D eigenvalue weighted by Crippen LogP contribution is 2.38. The first-order chi connectivity index (χ1) is 8.97. The van der Waals surface area contributed by atoms with Crippen LogP contribution in [-0.2, 0) is 0 Å². The van der Waals surface area contributed by atoms with Crippen LogP contribution in [-0.4, -0.2) is 11.6 Å². The maximum atomic E-state index is 6.21. The molecule has 102 valence electrons. The lowest BCUT2D eigenvalue weighted by molar-refractivity contribution is 0.271. The molecule has 2 N–H and O–H groups in total. The molecule has 6 heteroatoms. The fraction of sp³-hybridized carbons (Fsp3) is 0.308. The van der Waals surface area contributed by atoms with Gasteiger partial charge in [-0.1, -0.05) is 37.0 Å². The van der Waals surface area contributed by atoms with Crippen molar-refractivity contribution in [2.45, 2.75) is 13.8 Å². The zero-order chi connectivity index (χ0) is 14.0. The summed E-state index contributed by atoms with van der Waals surface area (Å²) in [5.74, 6) is 0.925. The minimum Gasteiger partial charge on any atom is -0.490 e. The molecule has 0 saturated heterocycles. The van der Waals surface area contributed by atoms with Crippen molar-refractivity contribution in [3.63, 3.8) is 0 Å². The Hall–Kier alpha value is -0.970. The van der Waals surface area contributed by atoms with Crippen LogP contribution in [0.3, 0.4) is 0 Å². The SMILES string of the molecule is CC(C)COc1c(Cl)cc(-c2csc(N)n2)cc1Cl. The number of nitrogens with zero attached hydrogens (tertiary/aromatic N) is 1. The van der Waals surface area contributed by atoms with Gasteiger partial charge in [-0.25, -0.2) is 4.98 Å². The van der Waals surface area contributed by atoms with E-state index in [0.29, 0.717) is 33.5 Å². The van der Waals surface area contributed by atoms with Crippen molar-refractivity contribution in [3.05, 3.63) is 27.6 Å². The van der Waals surface area contributed by atoms with Crippen molar-refractivity contribution in [2.75, 3.05) is 12.3 Å². The van der Waals surface area contributed by atoms with Gasteiger partial charge in [0.05, 0.1) is 22.3 Å². The lowest BCUT2D eigenvalue weighted by Crippen LogP contribution is -2.05. The fourth-order valence-corrected chi connectivity index (χ4v) is 2.68. The Kier molecular flexibility index (Phi) is 4.55. The summed E-state index contributed by atoms with van der Waals surface area (Å²) >= 11 is 13.8. The van der Waals surface area contributed by atoms with E-state index in [1.54, 1.807) is 12.1 Å². The molecule has 0 aliphatic rings. The molecule has 19 heavy (non-hydrogen) atoms. The number of rotatable bonds is 4. The van der Waals surface area contributed by atoms with Crippen LogP contribution >= 0.6 is 34.5 Å². The minimum atomic E-state index is 0.408. The largest absolute Gasteiger partial charge is 0.490 e. The number of halogens is 2. The summed E-state index contributed by atoms with van der Waals surface area (Å²) in [6.07, 6.45) is 0. The van der Waals surface area contributed by atoms with E-state index in [2.05, 4.69) is 18.8 Å². The number of nitrogens with two attached hydrogens (primary N) is 1. The lowest BCUT2D eigenvalue weighted by Gasteiger charge is -2.12. The van der Waals surface area contributed by atoms with Gasteiger partial charge in [-0.2, -0.15) is 0 Å². The molecule has 0 aliphatic heterocycles. The predicted octanol–water partition coefficient (Wildman–Crippen LogP) is 4.73. The summed E-state index contributed by atoms with van der Waals surface area (Å²) in [7, 11) is 0. The van der Waals surface area contributed by atoms with Gasteiger partial charge in [-0.3, -0.25) is 0 Å². The Morgan fingerprint density at radius 3 is 2.42 bits per heavy atom. The molecule has 0 saturated carbocycles. The highest BCUT2D eigenvalue weighted by molar-refractivity contribution is 7.13. The van der Waals surface area contributed by atoms with Gasteiger partial charge in [0.1, 0.15) is 0 Å². The molecule has 1 heterocycles. The molecule has 0 aliphatic carbocycles.